The Kier molecular flexibility index (Phi) is 3.83. The lowest BCUT2D eigenvalue weighted by molar-refractivity contribution is 0.0720. The first kappa shape index (κ1) is 15.6. The van der Waals surface area contributed by atoms with Crippen molar-refractivity contribution in [2.75, 3.05) is 6.54 Å². The first-order chi connectivity index (χ1) is 12.1. The molecular formula is C18H16FN3O3. The summed E-state index contributed by atoms with van der Waals surface area (Å²) in [7, 11) is 0. The predicted molar refractivity (Wildman–Crippen MR) is 86.1 cm³/mol. The summed E-state index contributed by atoms with van der Waals surface area (Å²) in [5, 5.41) is 7.93. The first-order valence-electron chi connectivity index (χ1n) is 8.08. The number of halogens is 1. The number of aryl methyl sites for hydroxylation is 1. The molecule has 3 heterocycles. The van der Waals surface area contributed by atoms with Crippen molar-refractivity contribution >= 4 is 5.91 Å². The zero-order valence-electron chi connectivity index (χ0n) is 13.6. The Morgan fingerprint density at radius 3 is 2.72 bits per heavy atom. The highest BCUT2D eigenvalue weighted by Gasteiger charge is 2.34. The molecule has 3 aromatic rings. The number of carbonyl (C=O) groups is 1. The maximum Gasteiger partial charge on any atom is 0.276 e. The van der Waals surface area contributed by atoms with E-state index in [9.17, 15) is 9.18 Å². The SMILES string of the molecule is Cc1cc([C@H]2CCCN2C(=O)c2cc(-c3ccc(F)cc3)on2)no1. The van der Waals surface area contributed by atoms with Gasteiger partial charge in [-0.1, -0.05) is 10.3 Å². The minimum Gasteiger partial charge on any atom is -0.361 e. The number of benzene rings is 1. The van der Waals surface area contributed by atoms with Gasteiger partial charge in [0.25, 0.3) is 5.91 Å². The summed E-state index contributed by atoms with van der Waals surface area (Å²) in [6.45, 7) is 2.46. The van der Waals surface area contributed by atoms with Gasteiger partial charge in [-0.25, -0.2) is 4.39 Å². The molecule has 1 atom stereocenters. The third-order valence-corrected chi connectivity index (χ3v) is 4.36. The van der Waals surface area contributed by atoms with Gasteiger partial charge < -0.3 is 13.9 Å². The highest BCUT2D eigenvalue weighted by atomic mass is 19.1. The van der Waals surface area contributed by atoms with Gasteiger partial charge >= 0.3 is 0 Å². The van der Waals surface area contributed by atoms with Crippen LogP contribution < -0.4 is 0 Å². The Hall–Kier alpha value is -2.96. The van der Waals surface area contributed by atoms with Gasteiger partial charge in [0.1, 0.15) is 17.3 Å². The number of hydrogen-bond acceptors (Lipinski definition) is 5. The minimum absolute atomic E-state index is 0.115. The second kappa shape index (κ2) is 6.16. The van der Waals surface area contributed by atoms with E-state index in [0.29, 0.717) is 23.6 Å². The van der Waals surface area contributed by atoms with Gasteiger partial charge in [-0.05, 0) is 44.0 Å². The van der Waals surface area contributed by atoms with E-state index in [1.807, 2.05) is 13.0 Å². The molecule has 1 aliphatic heterocycles. The molecule has 0 unspecified atom stereocenters. The summed E-state index contributed by atoms with van der Waals surface area (Å²) < 4.78 is 23.4. The van der Waals surface area contributed by atoms with Crippen molar-refractivity contribution in [3.05, 3.63) is 59.4 Å². The molecule has 0 spiro atoms. The topological polar surface area (TPSA) is 72.4 Å². The third-order valence-electron chi connectivity index (χ3n) is 4.36. The second-order valence-electron chi connectivity index (χ2n) is 6.10. The van der Waals surface area contributed by atoms with Crippen LogP contribution >= 0.6 is 0 Å². The molecule has 1 aliphatic rings. The van der Waals surface area contributed by atoms with Crippen molar-refractivity contribution in [3.63, 3.8) is 0 Å². The number of aromatic nitrogens is 2. The number of nitrogens with zero attached hydrogens (tertiary/aromatic N) is 3. The molecule has 1 amide bonds. The molecule has 0 N–H and O–H groups in total. The molecule has 2 aromatic heterocycles. The molecule has 0 aliphatic carbocycles. The van der Waals surface area contributed by atoms with Crippen molar-refractivity contribution in [3.8, 4) is 11.3 Å². The van der Waals surface area contributed by atoms with Gasteiger partial charge in [0.2, 0.25) is 0 Å². The Labute approximate surface area is 143 Å². The molecule has 128 valence electrons. The summed E-state index contributed by atoms with van der Waals surface area (Å²) >= 11 is 0. The maximum absolute atomic E-state index is 13.0. The highest BCUT2D eigenvalue weighted by molar-refractivity contribution is 5.93. The number of rotatable bonds is 3. The Morgan fingerprint density at radius 1 is 1.20 bits per heavy atom. The van der Waals surface area contributed by atoms with Crippen molar-refractivity contribution in [1.29, 1.82) is 0 Å². The van der Waals surface area contributed by atoms with Gasteiger partial charge in [0, 0.05) is 24.2 Å². The highest BCUT2D eigenvalue weighted by Crippen LogP contribution is 2.33. The van der Waals surface area contributed by atoms with E-state index in [-0.39, 0.29) is 23.5 Å². The molecule has 0 saturated carbocycles. The molecule has 1 saturated heterocycles. The van der Waals surface area contributed by atoms with E-state index in [1.165, 1.54) is 12.1 Å². The lowest BCUT2D eigenvalue weighted by atomic mass is 10.1. The van der Waals surface area contributed by atoms with E-state index in [2.05, 4.69) is 10.3 Å². The van der Waals surface area contributed by atoms with Crippen molar-refractivity contribution in [2.45, 2.75) is 25.8 Å². The van der Waals surface area contributed by atoms with Crippen LogP contribution in [0, 0.1) is 12.7 Å². The monoisotopic (exact) mass is 341 g/mol. The Balaban J connectivity index is 1.57. The average Bonchev–Trinajstić information content (AvgIpc) is 3.35. The first-order valence-corrected chi connectivity index (χ1v) is 8.08. The van der Waals surface area contributed by atoms with Crippen LogP contribution in [0.25, 0.3) is 11.3 Å². The number of amides is 1. The smallest absolute Gasteiger partial charge is 0.276 e. The third kappa shape index (κ3) is 2.93. The van der Waals surface area contributed by atoms with Gasteiger partial charge in [0.15, 0.2) is 11.5 Å². The van der Waals surface area contributed by atoms with Crippen molar-refractivity contribution in [2.24, 2.45) is 0 Å². The summed E-state index contributed by atoms with van der Waals surface area (Å²) in [5.41, 5.74) is 1.65. The molecule has 1 aromatic carbocycles. The van der Waals surface area contributed by atoms with Gasteiger partial charge in [-0.3, -0.25) is 4.79 Å². The van der Waals surface area contributed by atoms with Crippen LogP contribution in [0.4, 0.5) is 4.39 Å². The van der Waals surface area contributed by atoms with E-state index < -0.39 is 0 Å². The fourth-order valence-corrected chi connectivity index (χ4v) is 3.13. The second-order valence-corrected chi connectivity index (χ2v) is 6.10. The lowest BCUT2D eigenvalue weighted by Crippen LogP contribution is -2.30. The zero-order valence-corrected chi connectivity index (χ0v) is 13.6. The molecule has 1 fully saturated rings. The molecule has 6 nitrogen and oxygen atoms in total. The average molecular weight is 341 g/mol. The zero-order chi connectivity index (χ0) is 17.4. The molecule has 25 heavy (non-hydrogen) atoms. The fourth-order valence-electron chi connectivity index (χ4n) is 3.13. The number of likely N-dealkylation sites (tertiary alicyclic amines) is 1. The van der Waals surface area contributed by atoms with Crippen LogP contribution in [0.15, 0.2) is 45.4 Å². The van der Waals surface area contributed by atoms with Crippen LogP contribution in [0.5, 0.6) is 0 Å². The summed E-state index contributed by atoms with van der Waals surface area (Å²) in [6.07, 6.45) is 1.73. The molecule has 7 heteroatoms. The largest absolute Gasteiger partial charge is 0.361 e. The normalized spacial score (nSPS) is 17.2. The molecule has 4 rings (SSSR count). The molecule has 0 radical (unpaired) electrons. The van der Waals surface area contributed by atoms with Crippen LogP contribution in [0.1, 0.15) is 40.8 Å². The quantitative estimate of drug-likeness (QED) is 0.725. The molecular weight excluding hydrogens is 325 g/mol. The summed E-state index contributed by atoms with van der Waals surface area (Å²) in [5.74, 6) is 0.605. The standard InChI is InChI=1S/C18H16FN3O3/c1-11-9-14(20-24-11)16-3-2-8-22(16)18(23)15-10-17(25-21-15)12-4-6-13(19)7-5-12/h4-7,9-10,16H,2-3,8H2,1H3/t16-/m1/s1. The van der Waals surface area contributed by atoms with Gasteiger partial charge in [-0.2, -0.15) is 0 Å². The lowest BCUT2D eigenvalue weighted by Gasteiger charge is -2.21. The van der Waals surface area contributed by atoms with Crippen molar-refractivity contribution < 1.29 is 18.2 Å². The van der Waals surface area contributed by atoms with E-state index in [1.54, 1.807) is 23.1 Å². The predicted octanol–water partition coefficient (Wildman–Crippen LogP) is 3.75. The van der Waals surface area contributed by atoms with E-state index in [0.717, 1.165) is 18.5 Å². The number of hydrogen-bond donors (Lipinski definition) is 0. The fraction of sp³-hybridized carbons (Fsp3) is 0.278. The van der Waals surface area contributed by atoms with Gasteiger partial charge in [-0.15, -0.1) is 0 Å². The van der Waals surface area contributed by atoms with Crippen LogP contribution in [0.3, 0.4) is 0 Å². The van der Waals surface area contributed by atoms with Crippen LogP contribution in [-0.2, 0) is 0 Å². The van der Waals surface area contributed by atoms with Gasteiger partial charge in [0.05, 0.1) is 6.04 Å². The number of carbonyl (C=O) groups excluding carboxylic acids is 1. The van der Waals surface area contributed by atoms with Crippen molar-refractivity contribution in [1.82, 2.24) is 15.2 Å². The Morgan fingerprint density at radius 2 is 2.00 bits per heavy atom. The van der Waals surface area contributed by atoms with E-state index >= 15 is 0 Å². The molecule has 0 bridgehead atoms. The maximum atomic E-state index is 13.0. The summed E-state index contributed by atoms with van der Waals surface area (Å²) in [6, 6.07) is 9.16. The van der Waals surface area contributed by atoms with Crippen LogP contribution in [0.2, 0.25) is 0 Å². The van der Waals surface area contributed by atoms with Crippen LogP contribution in [-0.4, -0.2) is 27.7 Å². The summed E-state index contributed by atoms with van der Waals surface area (Å²) in [4.78, 5) is 14.6. The minimum atomic E-state index is -0.331. The Bertz CT molecular complexity index is 900. The van der Waals surface area contributed by atoms with E-state index in [4.69, 9.17) is 9.05 Å².